The van der Waals surface area contributed by atoms with E-state index in [1.807, 2.05) is 26.0 Å². The molecule has 3 rings (SSSR count). The van der Waals surface area contributed by atoms with E-state index >= 15 is 0 Å². The molecule has 2 heterocycles. The number of aromatic amines is 1. The van der Waals surface area contributed by atoms with Gasteiger partial charge in [0, 0.05) is 30.1 Å². The van der Waals surface area contributed by atoms with Crippen molar-refractivity contribution in [1.29, 1.82) is 0 Å². The van der Waals surface area contributed by atoms with Crippen molar-refractivity contribution in [3.05, 3.63) is 52.6 Å². The van der Waals surface area contributed by atoms with E-state index in [9.17, 15) is 9.59 Å². The van der Waals surface area contributed by atoms with Crippen molar-refractivity contribution in [2.45, 2.75) is 46.6 Å². The molecule has 5 heteroatoms. The number of hydrogen-bond acceptors (Lipinski definition) is 3. The molecule has 2 aromatic rings. The van der Waals surface area contributed by atoms with E-state index in [1.54, 1.807) is 12.4 Å². The molecule has 1 aliphatic carbocycles. The second-order valence-corrected chi connectivity index (χ2v) is 7.40. The minimum absolute atomic E-state index is 0.0700. The maximum absolute atomic E-state index is 12.7. The third-order valence-electron chi connectivity index (χ3n) is 4.68. The number of H-pyrrole nitrogens is 1. The van der Waals surface area contributed by atoms with E-state index < -0.39 is 0 Å². The highest BCUT2D eigenvalue weighted by Gasteiger charge is 2.35. The number of carbonyl (C=O) groups excluding carboxylic acids is 2. The fourth-order valence-corrected chi connectivity index (χ4v) is 3.46. The normalized spacial score (nSPS) is 17.2. The van der Waals surface area contributed by atoms with Crippen LogP contribution >= 0.6 is 0 Å². The molecule has 0 radical (unpaired) electrons. The summed E-state index contributed by atoms with van der Waals surface area (Å²) in [5, 5.41) is 2.99. The first-order valence-electron chi connectivity index (χ1n) is 8.24. The Morgan fingerprint density at radius 2 is 1.96 bits per heavy atom. The lowest BCUT2D eigenvalue weighted by atomic mass is 9.75. The molecule has 0 spiro atoms. The Bertz CT molecular complexity index is 790. The lowest BCUT2D eigenvalue weighted by molar-refractivity contribution is 0.0909. The van der Waals surface area contributed by atoms with Gasteiger partial charge in [-0.15, -0.1) is 0 Å². The summed E-state index contributed by atoms with van der Waals surface area (Å²) in [6.45, 7) is 7.93. The van der Waals surface area contributed by atoms with E-state index in [2.05, 4.69) is 29.1 Å². The molecule has 0 fully saturated rings. The molecule has 1 unspecified atom stereocenters. The molecule has 2 N–H and O–H groups in total. The van der Waals surface area contributed by atoms with Gasteiger partial charge in [-0.25, -0.2) is 0 Å². The van der Waals surface area contributed by atoms with Crippen molar-refractivity contribution >= 4 is 11.7 Å². The molecule has 126 valence electrons. The van der Waals surface area contributed by atoms with Gasteiger partial charge in [0.1, 0.15) is 5.69 Å². The van der Waals surface area contributed by atoms with Crippen LogP contribution in [0.15, 0.2) is 24.5 Å². The number of nitrogens with one attached hydrogen (secondary N) is 2. The summed E-state index contributed by atoms with van der Waals surface area (Å²) >= 11 is 0. The van der Waals surface area contributed by atoms with Crippen LogP contribution in [-0.2, 0) is 6.42 Å². The van der Waals surface area contributed by atoms with Crippen molar-refractivity contribution in [3.63, 3.8) is 0 Å². The fraction of sp³-hybridized carbons (Fsp3) is 0.421. The first-order valence-corrected chi connectivity index (χ1v) is 8.24. The van der Waals surface area contributed by atoms with Crippen LogP contribution in [-0.4, -0.2) is 21.7 Å². The second kappa shape index (κ2) is 5.89. The van der Waals surface area contributed by atoms with Crippen molar-refractivity contribution in [2.75, 3.05) is 0 Å². The van der Waals surface area contributed by atoms with Gasteiger partial charge in [0.25, 0.3) is 5.91 Å². The third kappa shape index (κ3) is 2.98. The van der Waals surface area contributed by atoms with E-state index in [1.165, 1.54) is 0 Å². The van der Waals surface area contributed by atoms with Crippen molar-refractivity contribution in [1.82, 2.24) is 15.3 Å². The molecule has 0 bridgehead atoms. The van der Waals surface area contributed by atoms with Gasteiger partial charge >= 0.3 is 0 Å². The quantitative estimate of drug-likeness (QED) is 0.908. The minimum Gasteiger partial charge on any atom is -0.354 e. The maximum atomic E-state index is 12.7. The Kier molecular flexibility index (Phi) is 4.03. The zero-order chi connectivity index (χ0) is 17.5. The summed E-state index contributed by atoms with van der Waals surface area (Å²) in [5.74, 6) is -0.0620. The van der Waals surface area contributed by atoms with Gasteiger partial charge in [-0.3, -0.25) is 14.6 Å². The number of pyridine rings is 1. The number of hydrogen-bond donors (Lipinski definition) is 2. The van der Waals surface area contributed by atoms with E-state index in [4.69, 9.17) is 0 Å². The Balaban J connectivity index is 1.86. The third-order valence-corrected chi connectivity index (χ3v) is 4.68. The number of carbonyl (C=O) groups is 2. The molecular weight excluding hydrogens is 302 g/mol. The number of aromatic nitrogens is 2. The lowest BCUT2D eigenvalue weighted by Gasteiger charge is -2.28. The van der Waals surface area contributed by atoms with E-state index in [0.717, 1.165) is 23.2 Å². The molecule has 0 saturated carbocycles. The van der Waals surface area contributed by atoms with Gasteiger partial charge in [-0.1, -0.05) is 13.8 Å². The van der Waals surface area contributed by atoms with Gasteiger partial charge in [-0.2, -0.15) is 0 Å². The van der Waals surface area contributed by atoms with Crippen LogP contribution in [0.25, 0.3) is 0 Å². The standard InChI is InChI=1S/C19H23N3O2/c1-11-16-14(9-19(3,4)10-15(16)23)22-17(11)18(24)21-12(2)13-5-7-20-8-6-13/h5-8,12,22H,9-10H2,1-4H3,(H,21,24). The first kappa shape index (κ1) is 16.4. The van der Waals surface area contributed by atoms with Crippen LogP contribution in [0, 0.1) is 12.3 Å². The van der Waals surface area contributed by atoms with Crippen LogP contribution in [0.5, 0.6) is 0 Å². The fourth-order valence-electron chi connectivity index (χ4n) is 3.46. The monoisotopic (exact) mass is 325 g/mol. The summed E-state index contributed by atoms with van der Waals surface area (Å²) < 4.78 is 0. The Morgan fingerprint density at radius 1 is 1.29 bits per heavy atom. The van der Waals surface area contributed by atoms with Crippen molar-refractivity contribution in [3.8, 4) is 0 Å². The Morgan fingerprint density at radius 3 is 2.62 bits per heavy atom. The van der Waals surface area contributed by atoms with Gasteiger partial charge < -0.3 is 10.3 Å². The Hall–Kier alpha value is -2.43. The molecule has 1 amide bonds. The summed E-state index contributed by atoms with van der Waals surface area (Å²) in [6, 6.07) is 3.63. The molecule has 1 atom stereocenters. The summed E-state index contributed by atoms with van der Waals surface area (Å²) in [6.07, 6.45) is 4.71. The number of fused-ring (bicyclic) bond motifs is 1. The number of nitrogens with zero attached hydrogens (tertiary/aromatic N) is 1. The number of ketones is 1. The van der Waals surface area contributed by atoms with Crippen LogP contribution < -0.4 is 5.32 Å². The SMILES string of the molecule is Cc1c(C(=O)NC(C)c2ccncc2)[nH]c2c1C(=O)CC(C)(C)C2. The number of amides is 1. The zero-order valence-corrected chi connectivity index (χ0v) is 14.6. The highest BCUT2D eigenvalue weighted by atomic mass is 16.2. The van der Waals surface area contributed by atoms with Gasteiger partial charge in [0.05, 0.1) is 6.04 Å². The molecule has 2 aromatic heterocycles. The lowest BCUT2D eigenvalue weighted by Crippen LogP contribution is -2.27. The van der Waals surface area contributed by atoms with Gasteiger partial charge in [0.15, 0.2) is 5.78 Å². The molecule has 0 aromatic carbocycles. The van der Waals surface area contributed by atoms with E-state index in [-0.39, 0.29) is 23.1 Å². The molecule has 0 aliphatic heterocycles. The van der Waals surface area contributed by atoms with E-state index in [0.29, 0.717) is 17.7 Å². The topological polar surface area (TPSA) is 74.8 Å². The smallest absolute Gasteiger partial charge is 0.268 e. The maximum Gasteiger partial charge on any atom is 0.268 e. The second-order valence-electron chi connectivity index (χ2n) is 7.40. The average Bonchev–Trinajstić information content (AvgIpc) is 2.83. The predicted octanol–water partition coefficient (Wildman–Crippen LogP) is 3.36. The minimum atomic E-state index is -0.184. The molecule has 0 saturated heterocycles. The van der Waals surface area contributed by atoms with Gasteiger partial charge in [0.2, 0.25) is 0 Å². The number of rotatable bonds is 3. The molecular formula is C19H23N3O2. The molecule has 1 aliphatic rings. The van der Waals surface area contributed by atoms with Gasteiger partial charge in [-0.05, 0) is 48.9 Å². The highest BCUT2D eigenvalue weighted by molar-refractivity contribution is 6.04. The predicted molar refractivity (Wildman–Crippen MR) is 92.1 cm³/mol. The summed E-state index contributed by atoms with van der Waals surface area (Å²) in [4.78, 5) is 32.3. The summed E-state index contributed by atoms with van der Waals surface area (Å²) in [5.41, 5.74) is 3.76. The van der Waals surface area contributed by atoms with Crippen molar-refractivity contribution < 1.29 is 9.59 Å². The van der Waals surface area contributed by atoms with Crippen molar-refractivity contribution in [2.24, 2.45) is 5.41 Å². The zero-order valence-electron chi connectivity index (χ0n) is 14.6. The first-order chi connectivity index (χ1) is 11.3. The number of Topliss-reactive ketones (excluding diaryl/α,β-unsaturated/α-hetero) is 1. The Labute approximate surface area is 141 Å². The largest absolute Gasteiger partial charge is 0.354 e. The molecule has 5 nitrogen and oxygen atoms in total. The van der Waals surface area contributed by atoms with Crippen LogP contribution in [0.1, 0.15) is 70.9 Å². The molecule has 24 heavy (non-hydrogen) atoms. The van der Waals surface area contributed by atoms with Crippen LogP contribution in [0.4, 0.5) is 0 Å². The summed E-state index contributed by atoms with van der Waals surface area (Å²) in [7, 11) is 0. The average molecular weight is 325 g/mol. The van der Waals surface area contributed by atoms with Crippen LogP contribution in [0.2, 0.25) is 0 Å². The van der Waals surface area contributed by atoms with Crippen LogP contribution in [0.3, 0.4) is 0 Å². The highest BCUT2D eigenvalue weighted by Crippen LogP contribution is 2.36.